The van der Waals surface area contributed by atoms with Crippen LogP contribution in [0, 0.1) is 0 Å². The molecule has 1 unspecified atom stereocenters. The highest BCUT2D eigenvalue weighted by atomic mass is 79.9. The van der Waals surface area contributed by atoms with Crippen molar-refractivity contribution >= 4 is 39.2 Å². The van der Waals surface area contributed by atoms with Crippen LogP contribution in [-0.2, 0) is 11.3 Å². The van der Waals surface area contributed by atoms with Gasteiger partial charge in [-0.05, 0) is 42.0 Å². The van der Waals surface area contributed by atoms with Crippen LogP contribution >= 0.6 is 27.5 Å². The van der Waals surface area contributed by atoms with Gasteiger partial charge in [0.15, 0.2) is 0 Å². The molecule has 6 heteroatoms. The van der Waals surface area contributed by atoms with E-state index >= 15 is 0 Å². The number of nitrogens with zero attached hydrogens (tertiary/aromatic N) is 2. The number of rotatable bonds is 5. The van der Waals surface area contributed by atoms with E-state index in [0.29, 0.717) is 6.61 Å². The molecule has 0 saturated heterocycles. The molecule has 0 fully saturated rings. The third-order valence-electron chi connectivity index (χ3n) is 3.64. The molecule has 1 aliphatic heterocycles. The largest absolute Gasteiger partial charge is 0.463 e. The van der Waals surface area contributed by atoms with Gasteiger partial charge in [0.25, 0.3) is 6.02 Å². The summed E-state index contributed by atoms with van der Waals surface area (Å²) in [6.45, 7) is 2.04. The molecule has 4 nitrogen and oxygen atoms in total. The van der Waals surface area contributed by atoms with Gasteiger partial charge >= 0.3 is 0 Å². The van der Waals surface area contributed by atoms with Crippen LogP contribution in [0.5, 0.6) is 0 Å². The summed E-state index contributed by atoms with van der Waals surface area (Å²) in [7, 11) is 0. The molecule has 1 atom stereocenters. The predicted octanol–water partition coefficient (Wildman–Crippen LogP) is 3.82. The minimum atomic E-state index is 0.0427. The van der Waals surface area contributed by atoms with Gasteiger partial charge in [0.1, 0.15) is 12.6 Å². The van der Waals surface area contributed by atoms with Crippen LogP contribution in [0.25, 0.3) is 0 Å². The molecule has 0 aromatic heterocycles. The van der Waals surface area contributed by atoms with E-state index in [4.69, 9.17) is 22.1 Å². The molecule has 2 N–H and O–H groups in total. The van der Waals surface area contributed by atoms with E-state index in [0.717, 1.165) is 28.3 Å². The average Bonchev–Trinajstić information content (AvgIpc) is 2.95. The maximum atomic E-state index is 6.00. The predicted molar refractivity (Wildman–Crippen MR) is 98.0 cm³/mol. The molecule has 0 bridgehead atoms. The van der Waals surface area contributed by atoms with Gasteiger partial charge in [0.2, 0.25) is 0 Å². The number of amidine groups is 1. The third-order valence-corrected chi connectivity index (χ3v) is 4.42. The Kier molecular flexibility index (Phi) is 5.08. The fourth-order valence-corrected chi connectivity index (χ4v) is 2.90. The molecule has 0 aliphatic carbocycles. The van der Waals surface area contributed by atoms with Crippen LogP contribution in [0.4, 0.5) is 5.69 Å². The van der Waals surface area contributed by atoms with Crippen LogP contribution in [0.3, 0.4) is 0 Å². The molecule has 0 saturated carbocycles. The van der Waals surface area contributed by atoms with Gasteiger partial charge in [-0.15, -0.1) is 0 Å². The van der Waals surface area contributed by atoms with Crippen LogP contribution in [0.2, 0.25) is 5.02 Å². The Morgan fingerprint density at radius 3 is 2.48 bits per heavy atom. The Balaban J connectivity index is 1.80. The summed E-state index contributed by atoms with van der Waals surface area (Å²) in [6.07, 6.45) is 0. The number of anilines is 1. The van der Waals surface area contributed by atoms with E-state index < -0.39 is 0 Å². The molecule has 1 aliphatic rings. The van der Waals surface area contributed by atoms with Crippen molar-refractivity contribution in [1.82, 2.24) is 0 Å². The zero-order valence-corrected chi connectivity index (χ0v) is 14.8. The van der Waals surface area contributed by atoms with Crippen LogP contribution in [-0.4, -0.2) is 25.2 Å². The zero-order valence-electron chi connectivity index (χ0n) is 12.5. The van der Waals surface area contributed by atoms with Crippen molar-refractivity contribution < 1.29 is 4.74 Å². The lowest BCUT2D eigenvalue weighted by molar-refractivity contribution is 0.313. The highest BCUT2D eigenvalue weighted by Gasteiger charge is 2.20. The quantitative estimate of drug-likeness (QED) is 0.838. The second-order valence-corrected chi connectivity index (χ2v) is 6.77. The molecule has 2 aromatic rings. The molecule has 0 spiro atoms. The van der Waals surface area contributed by atoms with E-state index in [-0.39, 0.29) is 12.1 Å². The molecule has 0 radical (unpaired) electrons. The first-order valence-corrected chi connectivity index (χ1v) is 8.48. The number of aliphatic imine (C=N–C) groups is 1. The standard InChI is InChI=1S/C17H17BrClN3O/c18-13-3-1-12(2-4-13)9-22(10-15-11-23-17(20)21-15)16-7-5-14(19)6-8-16/h1-8,15H,9-11H2,(H2,20,21). The number of halogens is 2. The Morgan fingerprint density at radius 1 is 1.17 bits per heavy atom. The maximum absolute atomic E-state index is 6.00. The van der Waals surface area contributed by atoms with Gasteiger partial charge in [-0.2, -0.15) is 0 Å². The minimum absolute atomic E-state index is 0.0427. The summed E-state index contributed by atoms with van der Waals surface area (Å²) in [5.41, 5.74) is 7.93. The normalized spacial score (nSPS) is 16.8. The summed E-state index contributed by atoms with van der Waals surface area (Å²) in [5, 5.41) is 0.726. The van der Waals surface area contributed by atoms with Gasteiger partial charge in [-0.3, -0.25) is 0 Å². The molecule has 2 aromatic carbocycles. The van der Waals surface area contributed by atoms with Crippen molar-refractivity contribution in [3.8, 4) is 0 Å². The van der Waals surface area contributed by atoms with Crippen LogP contribution in [0.1, 0.15) is 5.56 Å². The van der Waals surface area contributed by atoms with Gasteiger partial charge < -0.3 is 15.4 Å². The first-order valence-electron chi connectivity index (χ1n) is 7.31. The van der Waals surface area contributed by atoms with E-state index in [1.165, 1.54) is 5.56 Å². The van der Waals surface area contributed by atoms with Crippen molar-refractivity contribution in [2.75, 3.05) is 18.1 Å². The Hall–Kier alpha value is -1.72. The summed E-state index contributed by atoms with van der Waals surface area (Å²) in [5.74, 6) is 0. The summed E-state index contributed by atoms with van der Waals surface area (Å²) >= 11 is 9.47. The topological polar surface area (TPSA) is 50.8 Å². The Labute approximate surface area is 149 Å². The molecular formula is C17H17BrClN3O. The molecular weight excluding hydrogens is 378 g/mol. The second kappa shape index (κ2) is 7.23. The maximum Gasteiger partial charge on any atom is 0.282 e. The monoisotopic (exact) mass is 393 g/mol. The van der Waals surface area contributed by atoms with Crippen molar-refractivity contribution in [3.63, 3.8) is 0 Å². The van der Waals surface area contributed by atoms with E-state index in [1.807, 2.05) is 36.4 Å². The summed E-state index contributed by atoms with van der Waals surface area (Å²) in [6, 6.07) is 16.5. The van der Waals surface area contributed by atoms with Crippen molar-refractivity contribution in [2.45, 2.75) is 12.6 Å². The van der Waals surface area contributed by atoms with Crippen LogP contribution in [0.15, 0.2) is 58.0 Å². The van der Waals surface area contributed by atoms with E-state index in [1.54, 1.807) is 0 Å². The second-order valence-electron chi connectivity index (χ2n) is 5.42. The number of hydrogen-bond donors (Lipinski definition) is 1. The molecule has 120 valence electrons. The van der Waals surface area contributed by atoms with Crippen molar-refractivity contribution in [3.05, 3.63) is 63.6 Å². The fraction of sp³-hybridized carbons (Fsp3) is 0.235. The van der Waals surface area contributed by atoms with Gasteiger partial charge in [0.05, 0.1) is 0 Å². The fourth-order valence-electron chi connectivity index (χ4n) is 2.51. The SMILES string of the molecule is NC1=NC(CN(Cc2ccc(Br)cc2)c2ccc(Cl)cc2)CO1. The molecule has 3 rings (SSSR count). The lowest BCUT2D eigenvalue weighted by Gasteiger charge is -2.26. The lowest BCUT2D eigenvalue weighted by atomic mass is 10.1. The van der Waals surface area contributed by atoms with Gasteiger partial charge in [0, 0.05) is 28.3 Å². The molecule has 23 heavy (non-hydrogen) atoms. The zero-order chi connectivity index (χ0) is 16.2. The Bertz CT molecular complexity index is 688. The minimum Gasteiger partial charge on any atom is -0.463 e. The Morgan fingerprint density at radius 2 is 1.87 bits per heavy atom. The number of benzene rings is 2. The summed E-state index contributed by atoms with van der Waals surface area (Å²) in [4.78, 5) is 6.58. The van der Waals surface area contributed by atoms with Crippen molar-refractivity contribution in [1.29, 1.82) is 0 Å². The highest BCUT2D eigenvalue weighted by Crippen LogP contribution is 2.22. The summed E-state index contributed by atoms with van der Waals surface area (Å²) < 4.78 is 6.33. The number of ether oxygens (including phenoxy) is 1. The lowest BCUT2D eigenvalue weighted by Crippen LogP contribution is -2.32. The highest BCUT2D eigenvalue weighted by molar-refractivity contribution is 9.10. The molecule has 0 amide bonds. The van der Waals surface area contributed by atoms with Gasteiger partial charge in [-0.1, -0.05) is 39.7 Å². The number of hydrogen-bond acceptors (Lipinski definition) is 4. The van der Waals surface area contributed by atoms with Crippen LogP contribution < -0.4 is 10.6 Å². The first kappa shape index (κ1) is 16.1. The van der Waals surface area contributed by atoms with E-state index in [2.05, 4.69) is 38.0 Å². The smallest absolute Gasteiger partial charge is 0.282 e. The van der Waals surface area contributed by atoms with E-state index in [9.17, 15) is 0 Å². The van der Waals surface area contributed by atoms with Gasteiger partial charge in [-0.25, -0.2) is 4.99 Å². The average molecular weight is 395 g/mol. The third kappa shape index (κ3) is 4.39. The first-order chi connectivity index (χ1) is 11.1. The van der Waals surface area contributed by atoms with Crippen molar-refractivity contribution in [2.24, 2.45) is 10.7 Å². The number of nitrogens with two attached hydrogens (primary N) is 1. The molecule has 1 heterocycles.